The van der Waals surface area contributed by atoms with Gasteiger partial charge in [0.1, 0.15) is 18.0 Å². The highest BCUT2D eigenvalue weighted by molar-refractivity contribution is 6.28. The Bertz CT molecular complexity index is 777. The van der Waals surface area contributed by atoms with E-state index in [1.165, 1.54) is 17.1 Å². The zero-order chi connectivity index (χ0) is 14.8. The number of nitrogens with zero attached hydrogens (tertiary/aromatic N) is 5. The summed E-state index contributed by atoms with van der Waals surface area (Å²) in [6, 6.07) is 3.00. The van der Waals surface area contributed by atoms with Gasteiger partial charge in [0.05, 0.1) is 5.69 Å². The van der Waals surface area contributed by atoms with Crippen LogP contribution in [-0.2, 0) is 0 Å². The van der Waals surface area contributed by atoms with E-state index in [9.17, 15) is 8.78 Å². The van der Waals surface area contributed by atoms with Gasteiger partial charge in [-0.05, 0) is 23.7 Å². The molecule has 0 aliphatic heterocycles. The molecule has 0 unspecified atom stereocenters. The summed E-state index contributed by atoms with van der Waals surface area (Å²) in [4.78, 5) is 15.7. The molecule has 0 atom stereocenters. The minimum Gasteiger partial charge on any atom is -0.321 e. The number of anilines is 2. The van der Waals surface area contributed by atoms with Crippen LogP contribution < -0.4 is 5.32 Å². The second kappa shape index (κ2) is 5.41. The highest BCUT2D eigenvalue weighted by atomic mass is 35.5. The summed E-state index contributed by atoms with van der Waals surface area (Å²) in [6.07, 6.45) is 4.62. The molecule has 1 N–H and O–H groups in total. The molecular formula is C12H7ClF2N6. The topological polar surface area (TPSA) is 68.5 Å². The van der Waals surface area contributed by atoms with Crippen LogP contribution in [0, 0.1) is 11.6 Å². The van der Waals surface area contributed by atoms with Crippen molar-refractivity contribution in [3.8, 4) is 5.95 Å². The van der Waals surface area contributed by atoms with Crippen LogP contribution in [0.25, 0.3) is 5.95 Å². The normalized spacial score (nSPS) is 10.6. The highest BCUT2D eigenvalue weighted by Crippen LogP contribution is 2.20. The molecule has 6 nitrogen and oxygen atoms in total. The third-order valence-corrected chi connectivity index (χ3v) is 2.68. The van der Waals surface area contributed by atoms with Gasteiger partial charge in [-0.15, -0.1) is 0 Å². The molecule has 3 rings (SSSR count). The van der Waals surface area contributed by atoms with Crippen LogP contribution in [0.2, 0.25) is 5.28 Å². The quantitative estimate of drug-likeness (QED) is 0.805. The largest absolute Gasteiger partial charge is 0.321 e. The molecule has 21 heavy (non-hydrogen) atoms. The van der Waals surface area contributed by atoms with Crippen LogP contribution in [-0.4, -0.2) is 24.5 Å². The maximum atomic E-state index is 13.6. The first-order valence-corrected chi connectivity index (χ1v) is 6.11. The molecule has 0 aliphatic carbocycles. The van der Waals surface area contributed by atoms with Gasteiger partial charge >= 0.3 is 0 Å². The predicted octanol–water partition coefficient (Wildman–Crippen LogP) is 2.73. The summed E-state index contributed by atoms with van der Waals surface area (Å²) in [5.41, 5.74) is -0.103. The van der Waals surface area contributed by atoms with E-state index in [1.807, 2.05) is 0 Å². The van der Waals surface area contributed by atoms with Gasteiger partial charge < -0.3 is 5.32 Å². The number of hydrogen-bond acceptors (Lipinski definition) is 5. The lowest BCUT2D eigenvalue weighted by molar-refractivity contribution is 0.603. The Morgan fingerprint density at radius 3 is 2.76 bits per heavy atom. The Kier molecular flexibility index (Phi) is 3.44. The summed E-state index contributed by atoms with van der Waals surface area (Å²) in [7, 11) is 0. The van der Waals surface area contributed by atoms with E-state index in [0.717, 1.165) is 18.2 Å². The number of imidazole rings is 1. The standard InChI is InChI=1S/C12H7ClF2N6/c13-10-18-11(17-9-5-7(14)1-2-8(9)15)20-12(19-10)21-4-3-16-6-21/h1-6H,(H,17,18,19,20). The summed E-state index contributed by atoms with van der Waals surface area (Å²) < 4.78 is 28.2. The fraction of sp³-hybridized carbons (Fsp3) is 0. The van der Waals surface area contributed by atoms with Crippen molar-refractivity contribution in [2.45, 2.75) is 0 Å². The Hall–Kier alpha value is -2.61. The molecule has 2 aromatic heterocycles. The van der Waals surface area contributed by atoms with Gasteiger partial charge in [0.25, 0.3) is 0 Å². The molecule has 2 heterocycles. The smallest absolute Gasteiger partial charge is 0.241 e. The van der Waals surface area contributed by atoms with Crippen LogP contribution >= 0.6 is 11.6 Å². The van der Waals surface area contributed by atoms with Crippen LogP contribution in [0.1, 0.15) is 0 Å². The van der Waals surface area contributed by atoms with E-state index >= 15 is 0 Å². The van der Waals surface area contributed by atoms with Crippen molar-refractivity contribution in [1.29, 1.82) is 0 Å². The zero-order valence-corrected chi connectivity index (χ0v) is 11.1. The fourth-order valence-corrected chi connectivity index (χ4v) is 1.76. The van der Waals surface area contributed by atoms with Crippen molar-refractivity contribution in [1.82, 2.24) is 24.5 Å². The molecule has 1 aromatic carbocycles. The summed E-state index contributed by atoms with van der Waals surface area (Å²) >= 11 is 5.80. The van der Waals surface area contributed by atoms with E-state index in [4.69, 9.17) is 11.6 Å². The maximum Gasteiger partial charge on any atom is 0.241 e. The third kappa shape index (κ3) is 2.95. The first-order valence-electron chi connectivity index (χ1n) is 5.74. The van der Waals surface area contributed by atoms with E-state index in [-0.39, 0.29) is 22.9 Å². The number of hydrogen-bond donors (Lipinski definition) is 1. The van der Waals surface area contributed by atoms with E-state index in [2.05, 4.69) is 25.3 Å². The minimum absolute atomic E-state index is 0.0109. The lowest BCUT2D eigenvalue weighted by atomic mass is 10.3. The number of rotatable bonds is 3. The summed E-state index contributed by atoms with van der Waals surface area (Å²) in [5.74, 6) is -1.04. The number of aromatic nitrogens is 5. The van der Waals surface area contributed by atoms with E-state index < -0.39 is 11.6 Å². The third-order valence-electron chi connectivity index (χ3n) is 2.51. The number of nitrogens with one attached hydrogen (secondary N) is 1. The maximum absolute atomic E-state index is 13.6. The van der Waals surface area contributed by atoms with Gasteiger partial charge in [0.2, 0.25) is 17.2 Å². The van der Waals surface area contributed by atoms with Crippen LogP contribution in [0.15, 0.2) is 36.9 Å². The Morgan fingerprint density at radius 2 is 2.00 bits per heavy atom. The molecule has 0 spiro atoms. The molecular weight excluding hydrogens is 302 g/mol. The SMILES string of the molecule is Fc1ccc(F)c(Nc2nc(Cl)nc(-n3ccnc3)n2)c1. The molecule has 0 saturated carbocycles. The van der Waals surface area contributed by atoms with Crippen molar-refractivity contribution in [2.24, 2.45) is 0 Å². The van der Waals surface area contributed by atoms with Crippen LogP contribution in [0.4, 0.5) is 20.4 Å². The average Bonchev–Trinajstić information content (AvgIpc) is 2.96. The monoisotopic (exact) mass is 308 g/mol. The average molecular weight is 309 g/mol. The molecule has 0 amide bonds. The predicted molar refractivity (Wildman–Crippen MR) is 71.6 cm³/mol. The first-order chi connectivity index (χ1) is 10.1. The molecule has 3 aromatic rings. The van der Waals surface area contributed by atoms with Crippen molar-refractivity contribution >= 4 is 23.2 Å². The van der Waals surface area contributed by atoms with Gasteiger partial charge in [-0.1, -0.05) is 0 Å². The number of benzene rings is 1. The number of halogens is 3. The molecule has 9 heteroatoms. The second-order valence-corrected chi connectivity index (χ2v) is 4.29. The highest BCUT2D eigenvalue weighted by Gasteiger charge is 2.10. The Morgan fingerprint density at radius 1 is 1.14 bits per heavy atom. The molecule has 0 radical (unpaired) electrons. The van der Waals surface area contributed by atoms with Crippen molar-refractivity contribution in [2.75, 3.05) is 5.32 Å². The molecule has 0 bridgehead atoms. The zero-order valence-electron chi connectivity index (χ0n) is 10.3. The molecule has 0 fully saturated rings. The van der Waals surface area contributed by atoms with E-state index in [1.54, 1.807) is 6.20 Å². The minimum atomic E-state index is -0.642. The molecule has 106 valence electrons. The van der Waals surface area contributed by atoms with Crippen LogP contribution in [0.5, 0.6) is 0 Å². The van der Waals surface area contributed by atoms with Crippen molar-refractivity contribution in [3.63, 3.8) is 0 Å². The molecule has 0 aliphatic rings. The second-order valence-electron chi connectivity index (χ2n) is 3.95. The van der Waals surface area contributed by atoms with Gasteiger partial charge in [0, 0.05) is 18.5 Å². The summed E-state index contributed by atoms with van der Waals surface area (Å²) in [6.45, 7) is 0. The van der Waals surface area contributed by atoms with Gasteiger partial charge in [-0.25, -0.2) is 13.8 Å². The fourth-order valence-electron chi connectivity index (χ4n) is 1.60. The first kappa shape index (κ1) is 13.4. The van der Waals surface area contributed by atoms with E-state index in [0.29, 0.717) is 0 Å². The lowest BCUT2D eigenvalue weighted by Crippen LogP contribution is -2.06. The van der Waals surface area contributed by atoms with Gasteiger partial charge in [-0.2, -0.15) is 15.0 Å². The lowest BCUT2D eigenvalue weighted by Gasteiger charge is -2.08. The van der Waals surface area contributed by atoms with Gasteiger partial charge in [-0.3, -0.25) is 4.57 Å². The summed E-state index contributed by atoms with van der Waals surface area (Å²) in [5, 5.41) is 2.47. The van der Waals surface area contributed by atoms with Gasteiger partial charge in [0.15, 0.2) is 0 Å². The molecule has 0 saturated heterocycles. The Labute approximate surface area is 122 Å². The van der Waals surface area contributed by atoms with Crippen molar-refractivity contribution in [3.05, 3.63) is 53.8 Å². The van der Waals surface area contributed by atoms with Crippen LogP contribution in [0.3, 0.4) is 0 Å². The Balaban J connectivity index is 1.97. The van der Waals surface area contributed by atoms with Crippen molar-refractivity contribution < 1.29 is 8.78 Å².